The molecule has 0 unspecified atom stereocenters. The van der Waals surface area contributed by atoms with Crippen molar-refractivity contribution in [2.45, 2.75) is 4.90 Å². The summed E-state index contributed by atoms with van der Waals surface area (Å²) in [5, 5.41) is 9.01. The molecule has 27 heavy (non-hydrogen) atoms. The second-order valence-corrected chi connectivity index (χ2v) is 7.32. The number of hydrogen-bond donors (Lipinski definition) is 3. The number of carbonyl (C=O) groups excluding carboxylic acids is 2. The Labute approximate surface area is 163 Å². The predicted octanol–water partition coefficient (Wildman–Crippen LogP) is 2.38. The van der Waals surface area contributed by atoms with Crippen LogP contribution in [-0.2, 0) is 4.79 Å². The van der Waals surface area contributed by atoms with Crippen molar-refractivity contribution in [1.29, 1.82) is 0 Å². The molecule has 6 nitrogen and oxygen atoms in total. The highest BCUT2D eigenvalue weighted by molar-refractivity contribution is 8.00. The van der Waals surface area contributed by atoms with Crippen molar-refractivity contribution in [2.75, 3.05) is 37.8 Å². The number of anilines is 1. The van der Waals surface area contributed by atoms with E-state index in [9.17, 15) is 9.59 Å². The van der Waals surface area contributed by atoms with Gasteiger partial charge in [0, 0.05) is 42.2 Å². The van der Waals surface area contributed by atoms with Gasteiger partial charge in [-0.05, 0) is 24.3 Å². The maximum absolute atomic E-state index is 12.5. The van der Waals surface area contributed by atoms with Gasteiger partial charge in [0.1, 0.15) is 5.75 Å². The van der Waals surface area contributed by atoms with Gasteiger partial charge in [-0.2, -0.15) is 0 Å². The van der Waals surface area contributed by atoms with Crippen LogP contribution in [-0.4, -0.2) is 44.3 Å². The van der Waals surface area contributed by atoms with E-state index in [0.29, 0.717) is 29.5 Å². The summed E-state index contributed by atoms with van der Waals surface area (Å²) < 4.78 is 5.15. The van der Waals surface area contributed by atoms with Gasteiger partial charge in [-0.3, -0.25) is 9.59 Å². The number of ether oxygens (including phenoxy) is 1. The summed E-state index contributed by atoms with van der Waals surface area (Å²) >= 11 is 1.35. The Kier molecular flexibility index (Phi) is 6.73. The second-order valence-electron chi connectivity index (χ2n) is 6.30. The molecule has 0 aliphatic carbocycles. The average molecular weight is 385 g/mol. The van der Waals surface area contributed by atoms with Crippen molar-refractivity contribution in [3.8, 4) is 5.75 Å². The quantitative estimate of drug-likeness (QED) is 0.608. The van der Waals surface area contributed by atoms with E-state index in [1.807, 2.05) is 36.4 Å². The minimum atomic E-state index is -0.135. The zero-order valence-corrected chi connectivity index (χ0v) is 16.0. The molecule has 2 aromatic carbocycles. The topological polar surface area (TPSA) is 79.5 Å². The van der Waals surface area contributed by atoms with Crippen LogP contribution in [0.25, 0.3) is 0 Å². The van der Waals surface area contributed by atoms with Crippen LogP contribution in [0.2, 0.25) is 0 Å². The SMILES string of the molecule is COc1cccc(NC(=O)CSc2ccccc2C(=O)NCC2CNC2)c1. The molecule has 1 saturated heterocycles. The lowest BCUT2D eigenvalue weighted by Gasteiger charge is -2.27. The molecule has 0 radical (unpaired) electrons. The molecule has 1 heterocycles. The van der Waals surface area contributed by atoms with Crippen LogP contribution in [0.15, 0.2) is 53.4 Å². The summed E-state index contributed by atoms with van der Waals surface area (Å²) in [6.45, 7) is 2.56. The minimum Gasteiger partial charge on any atom is -0.497 e. The van der Waals surface area contributed by atoms with Gasteiger partial charge in [0.05, 0.1) is 18.4 Å². The first kappa shape index (κ1) is 19.3. The van der Waals surface area contributed by atoms with Crippen LogP contribution in [0, 0.1) is 5.92 Å². The van der Waals surface area contributed by atoms with Crippen LogP contribution in [0.3, 0.4) is 0 Å². The average Bonchev–Trinajstić information content (AvgIpc) is 2.65. The van der Waals surface area contributed by atoms with Crippen LogP contribution >= 0.6 is 11.8 Å². The number of amides is 2. The molecule has 0 saturated carbocycles. The molecule has 1 aliphatic heterocycles. The molecule has 0 atom stereocenters. The zero-order valence-electron chi connectivity index (χ0n) is 15.2. The van der Waals surface area contributed by atoms with Crippen molar-refractivity contribution in [3.05, 3.63) is 54.1 Å². The largest absolute Gasteiger partial charge is 0.497 e. The Hall–Kier alpha value is -2.51. The fourth-order valence-corrected chi connectivity index (χ4v) is 3.50. The van der Waals surface area contributed by atoms with Gasteiger partial charge in [0.15, 0.2) is 0 Å². The summed E-state index contributed by atoms with van der Waals surface area (Å²) in [6.07, 6.45) is 0. The normalized spacial score (nSPS) is 13.5. The lowest BCUT2D eigenvalue weighted by molar-refractivity contribution is -0.113. The minimum absolute atomic E-state index is 0.0989. The first-order valence-electron chi connectivity index (χ1n) is 8.80. The molecule has 3 rings (SSSR count). The lowest BCUT2D eigenvalue weighted by Crippen LogP contribution is -2.48. The van der Waals surface area contributed by atoms with Gasteiger partial charge >= 0.3 is 0 Å². The van der Waals surface area contributed by atoms with Gasteiger partial charge in [0.25, 0.3) is 5.91 Å². The highest BCUT2D eigenvalue weighted by Crippen LogP contribution is 2.23. The summed E-state index contributed by atoms with van der Waals surface area (Å²) in [4.78, 5) is 25.5. The standard InChI is InChI=1S/C20H23N3O3S/c1-26-16-6-4-5-15(9-16)23-19(24)13-27-18-8-3-2-7-17(18)20(25)22-12-14-10-21-11-14/h2-9,14,21H,10-13H2,1H3,(H,22,25)(H,23,24). The molecule has 1 aliphatic rings. The van der Waals surface area contributed by atoms with E-state index in [1.54, 1.807) is 19.2 Å². The third kappa shape index (κ3) is 5.48. The second kappa shape index (κ2) is 9.43. The van der Waals surface area contributed by atoms with E-state index in [2.05, 4.69) is 16.0 Å². The molecule has 3 N–H and O–H groups in total. The van der Waals surface area contributed by atoms with Gasteiger partial charge in [-0.15, -0.1) is 11.8 Å². The van der Waals surface area contributed by atoms with Gasteiger partial charge < -0.3 is 20.7 Å². The van der Waals surface area contributed by atoms with Crippen LogP contribution in [0.5, 0.6) is 5.75 Å². The van der Waals surface area contributed by atoms with Gasteiger partial charge in [-0.25, -0.2) is 0 Å². The summed E-state index contributed by atoms with van der Waals surface area (Å²) in [5.41, 5.74) is 1.28. The van der Waals surface area contributed by atoms with E-state index in [-0.39, 0.29) is 17.6 Å². The Bertz CT molecular complexity index is 809. The summed E-state index contributed by atoms with van der Waals surface area (Å²) in [5.74, 6) is 1.17. The predicted molar refractivity (Wildman–Crippen MR) is 107 cm³/mol. The van der Waals surface area contributed by atoms with E-state index in [0.717, 1.165) is 18.0 Å². The number of hydrogen-bond acceptors (Lipinski definition) is 5. The summed E-state index contributed by atoms with van der Waals surface area (Å²) in [6, 6.07) is 14.6. The van der Waals surface area contributed by atoms with Crippen molar-refractivity contribution < 1.29 is 14.3 Å². The fraction of sp³-hybridized carbons (Fsp3) is 0.300. The number of thioether (sulfide) groups is 1. The Balaban J connectivity index is 1.55. The summed E-state index contributed by atoms with van der Waals surface area (Å²) in [7, 11) is 1.58. The van der Waals surface area contributed by atoms with Crippen LogP contribution < -0.4 is 20.7 Å². The Morgan fingerprint density at radius 2 is 2.00 bits per heavy atom. The first-order valence-corrected chi connectivity index (χ1v) is 9.79. The molecule has 2 amide bonds. The number of benzene rings is 2. The third-order valence-corrected chi connectivity index (χ3v) is 5.33. The molecule has 142 valence electrons. The number of carbonyl (C=O) groups is 2. The van der Waals surface area contributed by atoms with E-state index in [4.69, 9.17) is 4.74 Å². The lowest BCUT2D eigenvalue weighted by atomic mass is 10.0. The van der Waals surface area contributed by atoms with Crippen molar-refractivity contribution in [3.63, 3.8) is 0 Å². The fourth-order valence-electron chi connectivity index (χ4n) is 2.65. The molecule has 2 aromatic rings. The van der Waals surface area contributed by atoms with Crippen molar-refractivity contribution in [1.82, 2.24) is 10.6 Å². The first-order chi connectivity index (χ1) is 13.2. The van der Waals surface area contributed by atoms with E-state index in [1.165, 1.54) is 11.8 Å². The molecule has 7 heteroatoms. The zero-order chi connectivity index (χ0) is 19.1. The molecule has 0 bridgehead atoms. The molecule has 1 fully saturated rings. The van der Waals surface area contributed by atoms with Crippen molar-refractivity contribution >= 4 is 29.3 Å². The Morgan fingerprint density at radius 1 is 1.19 bits per heavy atom. The van der Waals surface area contributed by atoms with E-state index >= 15 is 0 Å². The maximum Gasteiger partial charge on any atom is 0.252 e. The number of methoxy groups -OCH3 is 1. The van der Waals surface area contributed by atoms with Gasteiger partial charge in [-0.1, -0.05) is 18.2 Å². The highest BCUT2D eigenvalue weighted by atomic mass is 32.2. The smallest absolute Gasteiger partial charge is 0.252 e. The highest BCUT2D eigenvalue weighted by Gasteiger charge is 2.19. The van der Waals surface area contributed by atoms with Crippen LogP contribution in [0.1, 0.15) is 10.4 Å². The molecular weight excluding hydrogens is 362 g/mol. The number of nitrogens with one attached hydrogen (secondary N) is 3. The molecule has 0 aromatic heterocycles. The Morgan fingerprint density at radius 3 is 2.74 bits per heavy atom. The monoisotopic (exact) mass is 385 g/mol. The van der Waals surface area contributed by atoms with E-state index < -0.39 is 0 Å². The van der Waals surface area contributed by atoms with Crippen LogP contribution in [0.4, 0.5) is 5.69 Å². The molecular formula is C20H23N3O3S. The maximum atomic E-state index is 12.5. The molecule has 0 spiro atoms. The third-order valence-electron chi connectivity index (χ3n) is 4.26. The van der Waals surface area contributed by atoms with Crippen molar-refractivity contribution in [2.24, 2.45) is 5.92 Å². The number of rotatable bonds is 8. The van der Waals surface area contributed by atoms with Gasteiger partial charge in [0.2, 0.25) is 5.91 Å².